The molecule has 0 spiro atoms. The SMILES string of the molecule is CC1(C)O[C@@H]2[C@@H](CO)OC(N=[N+]=[N-])[C@@H]2O1.O=C(O)c1ccccc1. The van der Waals surface area contributed by atoms with Crippen LogP contribution in [-0.4, -0.2) is 53.1 Å². The summed E-state index contributed by atoms with van der Waals surface area (Å²) in [6.07, 6.45) is -2.03. The molecule has 1 aromatic rings. The van der Waals surface area contributed by atoms with Gasteiger partial charge < -0.3 is 24.4 Å². The smallest absolute Gasteiger partial charge is 0.335 e. The van der Waals surface area contributed by atoms with E-state index in [1.165, 1.54) is 0 Å². The molecule has 2 fully saturated rings. The van der Waals surface area contributed by atoms with Crippen molar-refractivity contribution < 1.29 is 29.2 Å². The lowest BCUT2D eigenvalue weighted by atomic mass is 10.1. The lowest BCUT2D eigenvalue weighted by Crippen LogP contribution is -2.31. The number of carboxylic acid groups (broad SMARTS) is 1. The van der Waals surface area contributed by atoms with Crippen LogP contribution in [-0.2, 0) is 14.2 Å². The molecule has 2 heterocycles. The van der Waals surface area contributed by atoms with Crippen LogP contribution >= 0.6 is 0 Å². The average Bonchev–Trinajstić information content (AvgIpc) is 3.03. The predicted octanol–water partition coefficient (Wildman–Crippen LogP) is 1.92. The summed E-state index contributed by atoms with van der Waals surface area (Å²) < 4.78 is 16.4. The average molecular weight is 337 g/mol. The first-order valence-corrected chi connectivity index (χ1v) is 7.32. The molecule has 2 aliphatic heterocycles. The molecule has 3 rings (SSSR count). The van der Waals surface area contributed by atoms with Crippen molar-refractivity contribution in [1.29, 1.82) is 0 Å². The number of rotatable bonds is 3. The van der Waals surface area contributed by atoms with Crippen LogP contribution in [0.5, 0.6) is 0 Å². The minimum atomic E-state index is -0.879. The van der Waals surface area contributed by atoms with E-state index >= 15 is 0 Å². The van der Waals surface area contributed by atoms with Gasteiger partial charge in [0.1, 0.15) is 18.3 Å². The summed E-state index contributed by atoms with van der Waals surface area (Å²) >= 11 is 0. The summed E-state index contributed by atoms with van der Waals surface area (Å²) in [7, 11) is 0. The molecule has 9 nitrogen and oxygen atoms in total. The Kier molecular flexibility index (Phi) is 5.76. The molecule has 1 unspecified atom stereocenters. The lowest BCUT2D eigenvalue weighted by molar-refractivity contribution is -0.189. The minimum Gasteiger partial charge on any atom is -0.478 e. The molecule has 1 aromatic carbocycles. The van der Waals surface area contributed by atoms with Crippen LogP contribution in [0.2, 0.25) is 0 Å². The highest BCUT2D eigenvalue weighted by Gasteiger charge is 2.54. The summed E-state index contributed by atoms with van der Waals surface area (Å²) in [5, 5.41) is 20.9. The Morgan fingerprint density at radius 1 is 1.29 bits per heavy atom. The van der Waals surface area contributed by atoms with Crippen LogP contribution in [0.15, 0.2) is 35.4 Å². The van der Waals surface area contributed by atoms with Crippen LogP contribution in [0.1, 0.15) is 24.2 Å². The normalized spacial score (nSPS) is 29.8. The van der Waals surface area contributed by atoms with E-state index in [9.17, 15) is 4.79 Å². The van der Waals surface area contributed by atoms with Gasteiger partial charge in [0.15, 0.2) is 12.0 Å². The number of benzene rings is 1. The number of hydrogen-bond acceptors (Lipinski definition) is 6. The first-order chi connectivity index (χ1) is 11.4. The number of nitrogens with zero attached hydrogens (tertiary/aromatic N) is 3. The Hall–Kier alpha value is -2.16. The Labute approximate surface area is 138 Å². The summed E-state index contributed by atoms with van der Waals surface area (Å²) in [5.41, 5.74) is 8.69. The second kappa shape index (κ2) is 7.61. The van der Waals surface area contributed by atoms with Gasteiger partial charge in [-0.25, -0.2) is 4.79 Å². The molecule has 4 atom stereocenters. The zero-order valence-corrected chi connectivity index (χ0v) is 13.3. The van der Waals surface area contributed by atoms with Gasteiger partial charge in [0, 0.05) is 4.91 Å². The molecule has 0 aliphatic carbocycles. The molecule has 0 bridgehead atoms. The number of hydrogen-bond donors (Lipinski definition) is 2. The van der Waals surface area contributed by atoms with E-state index in [0.717, 1.165) is 0 Å². The molecule has 2 N–H and O–H groups in total. The third-order valence-electron chi connectivity index (χ3n) is 3.49. The van der Waals surface area contributed by atoms with Gasteiger partial charge >= 0.3 is 5.97 Å². The van der Waals surface area contributed by atoms with Gasteiger partial charge in [-0.2, -0.15) is 0 Å². The summed E-state index contributed by atoms with van der Waals surface area (Å²) in [4.78, 5) is 12.9. The van der Waals surface area contributed by atoms with Crippen LogP contribution in [0, 0.1) is 0 Å². The third-order valence-corrected chi connectivity index (χ3v) is 3.49. The van der Waals surface area contributed by atoms with E-state index in [1.54, 1.807) is 44.2 Å². The van der Waals surface area contributed by atoms with Crippen LogP contribution < -0.4 is 0 Å². The van der Waals surface area contributed by atoms with Gasteiger partial charge in [-0.3, -0.25) is 0 Å². The number of aliphatic hydroxyl groups excluding tert-OH is 1. The van der Waals surface area contributed by atoms with E-state index in [1.807, 2.05) is 0 Å². The monoisotopic (exact) mass is 337 g/mol. The second-order valence-corrected chi connectivity index (χ2v) is 5.69. The second-order valence-electron chi connectivity index (χ2n) is 5.69. The molecule has 2 saturated heterocycles. The Morgan fingerprint density at radius 3 is 2.42 bits per heavy atom. The number of carbonyl (C=O) groups is 1. The molecule has 2 aliphatic rings. The van der Waals surface area contributed by atoms with E-state index < -0.39 is 30.2 Å². The highest BCUT2D eigenvalue weighted by molar-refractivity contribution is 5.87. The Morgan fingerprint density at radius 2 is 1.92 bits per heavy atom. The van der Waals surface area contributed by atoms with Crippen molar-refractivity contribution in [2.45, 2.75) is 44.2 Å². The molecule has 0 radical (unpaired) electrons. The first-order valence-electron chi connectivity index (χ1n) is 7.32. The lowest BCUT2D eigenvalue weighted by Gasteiger charge is -2.21. The van der Waals surface area contributed by atoms with Crippen molar-refractivity contribution in [3.05, 3.63) is 46.3 Å². The fraction of sp³-hybridized carbons (Fsp3) is 0.533. The number of azide groups is 1. The van der Waals surface area contributed by atoms with Gasteiger partial charge in [-0.05, 0) is 31.5 Å². The molecular weight excluding hydrogens is 318 g/mol. The topological polar surface area (TPSA) is 134 Å². The first kappa shape index (κ1) is 18.2. The van der Waals surface area contributed by atoms with Gasteiger partial charge in [-0.15, -0.1) is 0 Å². The zero-order chi connectivity index (χ0) is 17.7. The van der Waals surface area contributed by atoms with E-state index in [2.05, 4.69) is 10.0 Å². The van der Waals surface area contributed by atoms with Crippen molar-refractivity contribution in [2.75, 3.05) is 6.61 Å². The molecule has 24 heavy (non-hydrogen) atoms. The van der Waals surface area contributed by atoms with Crippen molar-refractivity contribution in [3.8, 4) is 0 Å². The van der Waals surface area contributed by atoms with Crippen molar-refractivity contribution in [3.63, 3.8) is 0 Å². The number of fused-ring (bicyclic) bond motifs is 1. The van der Waals surface area contributed by atoms with Crippen molar-refractivity contribution in [2.24, 2.45) is 5.11 Å². The van der Waals surface area contributed by atoms with E-state index in [0.29, 0.717) is 5.56 Å². The quantitative estimate of drug-likeness (QED) is 0.491. The molecule has 0 saturated carbocycles. The number of carboxylic acids is 1. The summed E-state index contributed by atoms with van der Waals surface area (Å²) in [6.45, 7) is 3.36. The Balaban J connectivity index is 0.000000198. The van der Waals surface area contributed by atoms with Gasteiger partial charge in [0.25, 0.3) is 0 Å². The molecule has 130 valence electrons. The predicted molar refractivity (Wildman–Crippen MR) is 82.1 cm³/mol. The summed E-state index contributed by atoms with van der Waals surface area (Å²) in [5.74, 6) is -1.61. The molecular formula is C15H19N3O6. The maximum Gasteiger partial charge on any atom is 0.335 e. The van der Waals surface area contributed by atoms with Crippen LogP contribution in [0.25, 0.3) is 10.4 Å². The largest absolute Gasteiger partial charge is 0.478 e. The minimum absolute atomic E-state index is 0.182. The summed E-state index contributed by atoms with van der Waals surface area (Å²) in [6, 6.07) is 8.30. The van der Waals surface area contributed by atoms with Gasteiger partial charge in [0.2, 0.25) is 0 Å². The molecule has 9 heteroatoms. The van der Waals surface area contributed by atoms with Crippen LogP contribution in [0.4, 0.5) is 0 Å². The maximum absolute atomic E-state index is 10.2. The van der Waals surface area contributed by atoms with Crippen LogP contribution in [0.3, 0.4) is 0 Å². The van der Waals surface area contributed by atoms with Crippen molar-refractivity contribution in [1.82, 2.24) is 0 Å². The zero-order valence-electron chi connectivity index (χ0n) is 13.3. The third kappa shape index (κ3) is 4.22. The molecule has 0 aromatic heterocycles. The highest BCUT2D eigenvalue weighted by Crippen LogP contribution is 2.38. The standard InChI is InChI=1S/C8H13N3O4.C7H6O2/c1-8(2)14-5-4(3-12)13-7(10-11-9)6(5)15-8;8-7(9)6-4-2-1-3-5-6/h4-7,12H,3H2,1-2H3;1-5H,(H,8,9)/t4-,5-,6-,7?;/m1./s1. The highest BCUT2D eigenvalue weighted by atomic mass is 16.8. The fourth-order valence-corrected chi connectivity index (χ4v) is 2.53. The van der Waals surface area contributed by atoms with E-state index in [4.69, 9.17) is 30.0 Å². The molecule has 0 amide bonds. The number of aliphatic hydroxyl groups is 1. The van der Waals surface area contributed by atoms with Gasteiger partial charge in [-0.1, -0.05) is 23.3 Å². The number of ether oxygens (including phenoxy) is 3. The van der Waals surface area contributed by atoms with E-state index in [-0.39, 0.29) is 12.7 Å². The van der Waals surface area contributed by atoms with Gasteiger partial charge in [0.05, 0.1) is 12.2 Å². The number of aromatic carboxylic acids is 1. The van der Waals surface area contributed by atoms with Crippen molar-refractivity contribution >= 4 is 5.97 Å². The fourth-order valence-electron chi connectivity index (χ4n) is 2.53. The maximum atomic E-state index is 10.2. The Bertz CT molecular complexity index is 617.